The summed E-state index contributed by atoms with van der Waals surface area (Å²) in [5.74, 6) is -0.132. The Labute approximate surface area is 171 Å². The zero-order valence-corrected chi connectivity index (χ0v) is 16.6. The smallest absolute Gasteiger partial charge is 0.262 e. The number of para-hydroxylation sites is 1. The summed E-state index contributed by atoms with van der Waals surface area (Å²) in [5, 5.41) is 1.09. The lowest BCUT2D eigenvalue weighted by molar-refractivity contribution is 0.0664. The summed E-state index contributed by atoms with van der Waals surface area (Å²) in [5.41, 5.74) is 1.36. The van der Waals surface area contributed by atoms with E-state index in [1.807, 2.05) is 6.07 Å². The number of thioether (sulfide) groups is 1. The third kappa shape index (κ3) is 3.56. The molecule has 0 unspecified atom stereocenters. The van der Waals surface area contributed by atoms with E-state index >= 15 is 0 Å². The molecule has 4 rings (SSSR count). The number of carbonyl (C=O) groups is 2. The molecule has 0 aliphatic carbocycles. The van der Waals surface area contributed by atoms with E-state index in [2.05, 4.69) is 4.98 Å². The molecule has 2 aromatic carbocycles. The number of amides is 2. The van der Waals surface area contributed by atoms with Gasteiger partial charge < -0.3 is 4.74 Å². The van der Waals surface area contributed by atoms with Crippen molar-refractivity contribution in [2.75, 3.05) is 26.0 Å². The summed E-state index contributed by atoms with van der Waals surface area (Å²) in [4.78, 5) is 43.7. The average molecular weight is 409 g/mol. The van der Waals surface area contributed by atoms with Crippen LogP contribution in [0.5, 0.6) is 0 Å². The van der Waals surface area contributed by atoms with Crippen LogP contribution in [0.2, 0.25) is 0 Å². The maximum Gasteiger partial charge on any atom is 0.262 e. The second kappa shape index (κ2) is 8.18. The fourth-order valence-corrected chi connectivity index (χ4v) is 4.26. The third-order valence-electron chi connectivity index (χ3n) is 4.77. The molecular formula is C21H19N3O4S. The minimum absolute atomic E-state index is 0.129. The Kier molecular flexibility index (Phi) is 5.46. The maximum atomic E-state index is 12.9. The van der Waals surface area contributed by atoms with Crippen molar-refractivity contribution < 1.29 is 14.3 Å². The first kappa shape index (κ1) is 19.4. The van der Waals surface area contributed by atoms with Crippen molar-refractivity contribution >= 4 is 34.5 Å². The van der Waals surface area contributed by atoms with Gasteiger partial charge in [0.15, 0.2) is 5.16 Å². The highest BCUT2D eigenvalue weighted by Crippen LogP contribution is 2.24. The molecule has 2 heterocycles. The molecule has 0 fully saturated rings. The number of hydrogen-bond donors (Lipinski definition) is 0. The molecule has 0 saturated carbocycles. The molecule has 148 valence electrons. The fourth-order valence-electron chi connectivity index (χ4n) is 3.31. The van der Waals surface area contributed by atoms with Crippen molar-refractivity contribution in [3.63, 3.8) is 0 Å². The lowest BCUT2D eigenvalue weighted by Gasteiger charge is -2.15. The van der Waals surface area contributed by atoms with Gasteiger partial charge in [-0.15, -0.1) is 0 Å². The van der Waals surface area contributed by atoms with Crippen LogP contribution in [0.15, 0.2) is 58.5 Å². The minimum atomic E-state index is -0.283. The Balaban J connectivity index is 1.55. The molecule has 0 saturated heterocycles. The van der Waals surface area contributed by atoms with Gasteiger partial charge in [0.2, 0.25) is 0 Å². The first-order chi connectivity index (χ1) is 14.1. The summed E-state index contributed by atoms with van der Waals surface area (Å²) < 4.78 is 6.71. The number of benzene rings is 2. The van der Waals surface area contributed by atoms with E-state index in [1.165, 1.54) is 16.7 Å². The summed E-state index contributed by atoms with van der Waals surface area (Å²) in [6.45, 7) is 0.998. The van der Waals surface area contributed by atoms with Gasteiger partial charge in [0.25, 0.3) is 17.4 Å². The lowest BCUT2D eigenvalue weighted by atomic mass is 10.1. The second-order valence-corrected chi connectivity index (χ2v) is 7.58. The SMILES string of the molecule is COCCn1c(SCCN2C(=O)c3ccccc3C2=O)nc2ccccc2c1=O. The number of carbonyl (C=O) groups excluding carboxylic acids is 2. The van der Waals surface area contributed by atoms with Crippen LogP contribution < -0.4 is 5.56 Å². The van der Waals surface area contributed by atoms with Gasteiger partial charge in [-0.3, -0.25) is 23.9 Å². The van der Waals surface area contributed by atoms with Gasteiger partial charge in [-0.05, 0) is 24.3 Å². The summed E-state index contributed by atoms with van der Waals surface area (Å²) in [6.07, 6.45) is 0. The highest BCUT2D eigenvalue weighted by Gasteiger charge is 2.34. The van der Waals surface area contributed by atoms with Crippen molar-refractivity contribution in [1.82, 2.24) is 14.5 Å². The first-order valence-electron chi connectivity index (χ1n) is 9.18. The zero-order chi connectivity index (χ0) is 20.4. The normalized spacial score (nSPS) is 13.3. The minimum Gasteiger partial charge on any atom is -0.383 e. The number of aromatic nitrogens is 2. The second-order valence-electron chi connectivity index (χ2n) is 6.52. The van der Waals surface area contributed by atoms with Crippen molar-refractivity contribution in [2.45, 2.75) is 11.7 Å². The zero-order valence-electron chi connectivity index (χ0n) is 15.8. The van der Waals surface area contributed by atoms with Gasteiger partial charge in [0, 0.05) is 19.4 Å². The Hall–Kier alpha value is -2.97. The van der Waals surface area contributed by atoms with Gasteiger partial charge in [-0.2, -0.15) is 0 Å². The molecule has 0 radical (unpaired) electrons. The molecule has 1 aromatic heterocycles. The maximum absolute atomic E-state index is 12.9. The molecule has 2 amide bonds. The number of rotatable bonds is 7. The number of ether oxygens (including phenoxy) is 1. The lowest BCUT2D eigenvalue weighted by Crippen LogP contribution is -2.32. The quantitative estimate of drug-likeness (QED) is 0.339. The van der Waals surface area contributed by atoms with Crippen LogP contribution in [0, 0.1) is 0 Å². The molecule has 1 aliphatic rings. The molecule has 8 heteroatoms. The largest absolute Gasteiger partial charge is 0.383 e. The Morgan fingerprint density at radius 2 is 1.59 bits per heavy atom. The van der Waals surface area contributed by atoms with Gasteiger partial charge in [0.1, 0.15) is 0 Å². The van der Waals surface area contributed by atoms with Crippen molar-refractivity contribution in [2.24, 2.45) is 0 Å². The number of methoxy groups -OCH3 is 1. The topological polar surface area (TPSA) is 81.5 Å². The molecule has 0 spiro atoms. The Bertz CT molecular complexity index is 1120. The van der Waals surface area contributed by atoms with Crippen molar-refractivity contribution in [1.29, 1.82) is 0 Å². The molecule has 29 heavy (non-hydrogen) atoms. The van der Waals surface area contributed by atoms with Crippen LogP contribution in [0.4, 0.5) is 0 Å². The summed E-state index contributed by atoms with van der Waals surface area (Å²) in [7, 11) is 1.58. The number of imide groups is 1. The monoisotopic (exact) mass is 409 g/mol. The standard InChI is InChI=1S/C21H19N3O4S/c1-28-12-10-24-20(27)16-8-4-5-9-17(16)22-21(24)29-13-11-23-18(25)14-6-2-3-7-15(14)19(23)26/h2-9H,10-13H2,1H3. The van der Waals surface area contributed by atoms with Crippen LogP contribution in [0.1, 0.15) is 20.7 Å². The molecule has 3 aromatic rings. The molecule has 0 atom stereocenters. The van der Waals surface area contributed by atoms with Crippen LogP contribution in [0.3, 0.4) is 0 Å². The van der Waals surface area contributed by atoms with Crippen LogP contribution in [0.25, 0.3) is 10.9 Å². The van der Waals surface area contributed by atoms with E-state index in [0.29, 0.717) is 46.1 Å². The highest BCUT2D eigenvalue weighted by atomic mass is 32.2. The van der Waals surface area contributed by atoms with E-state index in [-0.39, 0.29) is 23.9 Å². The van der Waals surface area contributed by atoms with E-state index < -0.39 is 0 Å². The third-order valence-corrected chi connectivity index (χ3v) is 5.73. The van der Waals surface area contributed by atoms with E-state index in [9.17, 15) is 14.4 Å². The molecule has 0 bridgehead atoms. The predicted octanol–water partition coefficient (Wildman–Crippen LogP) is 2.43. The van der Waals surface area contributed by atoms with Crippen LogP contribution in [-0.4, -0.2) is 52.3 Å². The Morgan fingerprint density at radius 3 is 2.28 bits per heavy atom. The molecular weight excluding hydrogens is 390 g/mol. The summed E-state index contributed by atoms with van der Waals surface area (Å²) in [6, 6.07) is 14.0. The van der Waals surface area contributed by atoms with Gasteiger partial charge in [0.05, 0.1) is 35.2 Å². The Morgan fingerprint density at radius 1 is 0.931 bits per heavy atom. The predicted molar refractivity (Wildman–Crippen MR) is 110 cm³/mol. The van der Waals surface area contributed by atoms with Crippen LogP contribution in [-0.2, 0) is 11.3 Å². The number of hydrogen-bond acceptors (Lipinski definition) is 6. The van der Waals surface area contributed by atoms with Gasteiger partial charge >= 0.3 is 0 Å². The molecule has 1 aliphatic heterocycles. The summed E-state index contributed by atoms with van der Waals surface area (Å²) >= 11 is 1.35. The van der Waals surface area contributed by atoms with Crippen molar-refractivity contribution in [3.8, 4) is 0 Å². The fraction of sp³-hybridized carbons (Fsp3) is 0.238. The first-order valence-corrected chi connectivity index (χ1v) is 10.2. The van der Waals surface area contributed by atoms with E-state index in [1.54, 1.807) is 54.1 Å². The van der Waals surface area contributed by atoms with Gasteiger partial charge in [-0.25, -0.2) is 4.98 Å². The van der Waals surface area contributed by atoms with Crippen molar-refractivity contribution in [3.05, 3.63) is 70.0 Å². The number of fused-ring (bicyclic) bond motifs is 2. The number of nitrogens with zero attached hydrogens (tertiary/aromatic N) is 3. The average Bonchev–Trinajstić information content (AvgIpc) is 2.98. The van der Waals surface area contributed by atoms with Crippen LogP contribution >= 0.6 is 11.8 Å². The van der Waals surface area contributed by atoms with E-state index in [0.717, 1.165) is 0 Å². The van der Waals surface area contributed by atoms with Gasteiger partial charge in [-0.1, -0.05) is 36.0 Å². The molecule has 7 nitrogen and oxygen atoms in total. The highest BCUT2D eigenvalue weighted by molar-refractivity contribution is 7.99. The van der Waals surface area contributed by atoms with E-state index in [4.69, 9.17) is 4.74 Å². The molecule has 0 N–H and O–H groups in total.